The van der Waals surface area contributed by atoms with Crippen molar-refractivity contribution in [1.82, 2.24) is 4.57 Å². The summed E-state index contributed by atoms with van der Waals surface area (Å²) in [4.78, 5) is 0. The minimum atomic E-state index is 0.0618. The monoisotopic (exact) mass is 236 g/mol. The topological polar surface area (TPSA) is 30.9 Å². The Bertz CT molecular complexity index is 680. The van der Waals surface area contributed by atoms with Gasteiger partial charge in [0.15, 0.2) is 0 Å². The van der Waals surface area contributed by atoms with Crippen LogP contribution in [0.3, 0.4) is 0 Å². The van der Waals surface area contributed by atoms with Gasteiger partial charge in [-0.3, -0.25) is 0 Å². The van der Waals surface area contributed by atoms with E-state index in [4.69, 9.17) is 5.73 Å². The molecule has 0 fully saturated rings. The molecule has 0 saturated carbocycles. The van der Waals surface area contributed by atoms with Crippen LogP contribution in [0, 0.1) is 0 Å². The molecule has 18 heavy (non-hydrogen) atoms. The second kappa shape index (κ2) is 4.31. The summed E-state index contributed by atoms with van der Waals surface area (Å²) in [6.45, 7) is 2.01. The molecule has 3 aromatic rings. The molecule has 1 atom stereocenters. The number of hydrogen-bond acceptors (Lipinski definition) is 1. The molecule has 0 saturated heterocycles. The number of benzene rings is 2. The summed E-state index contributed by atoms with van der Waals surface area (Å²) in [6.07, 6.45) is 2.10. The Morgan fingerprint density at radius 3 is 2.67 bits per heavy atom. The average molecular weight is 236 g/mol. The number of aromatic nitrogens is 1. The van der Waals surface area contributed by atoms with Crippen LogP contribution in [0.4, 0.5) is 0 Å². The van der Waals surface area contributed by atoms with E-state index in [0.717, 1.165) is 11.3 Å². The van der Waals surface area contributed by atoms with Gasteiger partial charge in [-0.2, -0.15) is 0 Å². The van der Waals surface area contributed by atoms with Crippen molar-refractivity contribution in [2.45, 2.75) is 13.0 Å². The third-order valence-corrected chi connectivity index (χ3v) is 3.27. The maximum atomic E-state index is 5.94. The lowest BCUT2D eigenvalue weighted by atomic mass is 10.1. The standard InChI is InChI=1S/C16H16N2/c1-12(17)14-6-4-7-15(11-14)18-10-9-13-5-2-3-8-16(13)18/h2-12H,17H2,1H3/t12-/m0/s1. The Hall–Kier alpha value is -2.06. The molecule has 1 heterocycles. The molecule has 0 bridgehead atoms. The molecule has 0 amide bonds. The highest BCUT2D eigenvalue weighted by Crippen LogP contribution is 2.22. The molecule has 2 N–H and O–H groups in total. The zero-order valence-electron chi connectivity index (χ0n) is 10.4. The summed E-state index contributed by atoms with van der Waals surface area (Å²) in [5.74, 6) is 0. The highest BCUT2D eigenvalue weighted by Gasteiger charge is 2.04. The third kappa shape index (κ3) is 1.81. The lowest BCUT2D eigenvalue weighted by molar-refractivity contribution is 0.816. The molecular weight excluding hydrogens is 220 g/mol. The Balaban J connectivity index is 2.17. The number of para-hydroxylation sites is 1. The highest BCUT2D eigenvalue weighted by atomic mass is 15.0. The number of nitrogens with two attached hydrogens (primary N) is 1. The van der Waals surface area contributed by atoms with E-state index in [-0.39, 0.29) is 6.04 Å². The fourth-order valence-electron chi connectivity index (χ4n) is 2.27. The Labute approximate surface area is 107 Å². The molecule has 0 aliphatic heterocycles. The molecule has 90 valence electrons. The predicted octanol–water partition coefficient (Wildman–Crippen LogP) is 3.65. The fourth-order valence-corrected chi connectivity index (χ4v) is 2.27. The van der Waals surface area contributed by atoms with E-state index in [9.17, 15) is 0 Å². The van der Waals surface area contributed by atoms with Crippen LogP contribution in [0.1, 0.15) is 18.5 Å². The maximum absolute atomic E-state index is 5.94. The molecule has 0 radical (unpaired) electrons. The van der Waals surface area contributed by atoms with Gasteiger partial charge >= 0.3 is 0 Å². The van der Waals surface area contributed by atoms with E-state index >= 15 is 0 Å². The van der Waals surface area contributed by atoms with Crippen molar-refractivity contribution in [3.8, 4) is 5.69 Å². The van der Waals surface area contributed by atoms with Crippen molar-refractivity contribution in [1.29, 1.82) is 0 Å². The first kappa shape index (κ1) is 11.1. The van der Waals surface area contributed by atoms with Gasteiger partial charge in [0.2, 0.25) is 0 Å². The van der Waals surface area contributed by atoms with E-state index in [2.05, 4.69) is 65.4 Å². The minimum absolute atomic E-state index is 0.0618. The first-order valence-corrected chi connectivity index (χ1v) is 6.18. The Morgan fingerprint density at radius 2 is 1.83 bits per heavy atom. The number of fused-ring (bicyclic) bond motifs is 1. The highest BCUT2D eigenvalue weighted by molar-refractivity contribution is 5.81. The van der Waals surface area contributed by atoms with Crippen LogP contribution in [0.25, 0.3) is 16.6 Å². The Kier molecular flexibility index (Phi) is 2.65. The van der Waals surface area contributed by atoms with Gasteiger partial charge in [0.1, 0.15) is 0 Å². The van der Waals surface area contributed by atoms with Gasteiger partial charge in [-0.25, -0.2) is 0 Å². The van der Waals surface area contributed by atoms with Crippen LogP contribution in [0.15, 0.2) is 60.8 Å². The van der Waals surface area contributed by atoms with Crippen molar-refractivity contribution >= 4 is 10.9 Å². The van der Waals surface area contributed by atoms with Gasteiger partial charge in [-0.1, -0.05) is 30.3 Å². The number of hydrogen-bond donors (Lipinski definition) is 1. The second-order valence-electron chi connectivity index (χ2n) is 4.63. The van der Waals surface area contributed by atoms with Crippen LogP contribution in [0.5, 0.6) is 0 Å². The van der Waals surface area contributed by atoms with Gasteiger partial charge in [0.05, 0.1) is 5.52 Å². The van der Waals surface area contributed by atoms with Gasteiger partial charge in [-0.05, 0) is 42.1 Å². The lowest BCUT2D eigenvalue weighted by Crippen LogP contribution is -2.05. The van der Waals surface area contributed by atoms with Crippen LogP contribution in [0.2, 0.25) is 0 Å². The number of rotatable bonds is 2. The minimum Gasteiger partial charge on any atom is -0.324 e. The normalized spacial score (nSPS) is 12.8. The maximum Gasteiger partial charge on any atom is 0.0528 e. The SMILES string of the molecule is C[C@H](N)c1cccc(-n2ccc3ccccc32)c1. The van der Waals surface area contributed by atoms with Crippen molar-refractivity contribution in [3.05, 3.63) is 66.4 Å². The van der Waals surface area contributed by atoms with E-state index < -0.39 is 0 Å². The summed E-state index contributed by atoms with van der Waals surface area (Å²) in [5, 5.41) is 1.25. The van der Waals surface area contributed by atoms with E-state index in [1.54, 1.807) is 0 Å². The van der Waals surface area contributed by atoms with Gasteiger partial charge in [0, 0.05) is 17.9 Å². The first-order valence-electron chi connectivity index (χ1n) is 6.18. The molecule has 1 aromatic heterocycles. The lowest BCUT2D eigenvalue weighted by Gasteiger charge is -2.10. The summed E-state index contributed by atoms with van der Waals surface area (Å²) in [7, 11) is 0. The average Bonchev–Trinajstić information content (AvgIpc) is 2.82. The van der Waals surface area contributed by atoms with Gasteiger partial charge < -0.3 is 10.3 Å². The molecule has 2 nitrogen and oxygen atoms in total. The van der Waals surface area contributed by atoms with E-state index in [1.807, 2.05) is 6.92 Å². The Morgan fingerprint density at radius 1 is 1.00 bits per heavy atom. The zero-order chi connectivity index (χ0) is 12.5. The van der Waals surface area contributed by atoms with E-state index in [1.165, 1.54) is 10.9 Å². The largest absolute Gasteiger partial charge is 0.324 e. The molecule has 0 aliphatic rings. The van der Waals surface area contributed by atoms with Crippen molar-refractivity contribution in [2.24, 2.45) is 5.73 Å². The van der Waals surface area contributed by atoms with Gasteiger partial charge in [-0.15, -0.1) is 0 Å². The van der Waals surface area contributed by atoms with Crippen molar-refractivity contribution in [2.75, 3.05) is 0 Å². The second-order valence-corrected chi connectivity index (χ2v) is 4.63. The smallest absolute Gasteiger partial charge is 0.0528 e. The third-order valence-electron chi connectivity index (χ3n) is 3.27. The van der Waals surface area contributed by atoms with Crippen LogP contribution >= 0.6 is 0 Å². The van der Waals surface area contributed by atoms with Gasteiger partial charge in [0.25, 0.3) is 0 Å². The van der Waals surface area contributed by atoms with Crippen LogP contribution in [-0.4, -0.2) is 4.57 Å². The van der Waals surface area contributed by atoms with Crippen molar-refractivity contribution in [3.63, 3.8) is 0 Å². The summed E-state index contributed by atoms with van der Waals surface area (Å²) < 4.78 is 2.20. The predicted molar refractivity (Wildman–Crippen MR) is 75.9 cm³/mol. The van der Waals surface area contributed by atoms with E-state index in [0.29, 0.717) is 0 Å². The quantitative estimate of drug-likeness (QED) is 0.723. The molecule has 0 unspecified atom stereocenters. The first-order chi connectivity index (χ1) is 8.75. The summed E-state index contributed by atoms with van der Waals surface area (Å²) in [6, 6.07) is 19.0. The molecule has 2 heteroatoms. The van der Waals surface area contributed by atoms with Crippen LogP contribution < -0.4 is 5.73 Å². The zero-order valence-corrected chi connectivity index (χ0v) is 10.4. The molecule has 2 aromatic carbocycles. The fraction of sp³-hybridized carbons (Fsp3) is 0.125. The molecule has 0 aliphatic carbocycles. The molecule has 3 rings (SSSR count). The van der Waals surface area contributed by atoms with Crippen molar-refractivity contribution < 1.29 is 0 Å². The molecular formula is C16H16N2. The number of nitrogens with zero attached hydrogens (tertiary/aromatic N) is 1. The van der Waals surface area contributed by atoms with Crippen LogP contribution in [-0.2, 0) is 0 Å². The molecule has 0 spiro atoms. The summed E-state index contributed by atoms with van der Waals surface area (Å²) in [5.41, 5.74) is 9.48. The summed E-state index contributed by atoms with van der Waals surface area (Å²) >= 11 is 0.